The second-order valence-corrected chi connectivity index (χ2v) is 6.62. The molecule has 0 unspecified atom stereocenters. The molecule has 152 valence electrons. The van der Waals surface area contributed by atoms with E-state index >= 15 is 0 Å². The molecule has 0 aliphatic heterocycles. The third kappa shape index (κ3) is 4.59. The fourth-order valence-corrected chi connectivity index (χ4v) is 3.10. The minimum absolute atomic E-state index is 0.0941. The summed E-state index contributed by atoms with van der Waals surface area (Å²) in [7, 11) is 0. The summed E-state index contributed by atoms with van der Waals surface area (Å²) in [5, 5.41) is 3.11. The van der Waals surface area contributed by atoms with Gasteiger partial charge < -0.3 is 15.2 Å². The number of hydrogen-bond acceptors (Lipinski definition) is 2. The number of H-pyrrole nitrogens is 1. The van der Waals surface area contributed by atoms with Crippen LogP contribution in [0.25, 0.3) is 10.9 Å². The van der Waals surface area contributed by atoms with Gasteiger partial charge in [0.05, 0.1) is 18.7 Å². The van der Waals surface area contributed by atoms with Crippen LogP contribution in [0.4, 0.5) is 18.9 Å². The Bertz CT molecular complexity index is 1050. The number of anilines is 1. The van der Waals surface area contributed by atoms with Crippen molar-refractivity contribution in [2.24, 2.45) is 0 Å². The third-order valence-corrected chi connectivity index (χ3v) is 4.51. The highest BCUT2D eigenvalue weighted by atomic mass is 19.2. The molecule has 0 spiro atoms. The van der Waals surface area contributed by atoms with E-state index in [0.717, 1.165) is 28.6 Å². The summed E-state index contributed by atoms with van der Waals surface area (Å²) < 4.78 is 40.1. The molecule has 0 aliphatic carbocycles. The van der Waals surface area contributed by atoms with Crippen LogP contribution in [0.2, 0.25) is 0 Å². The molecule has 5 nitrogen and oxygen atoms in total. The van der Waals surface area contributed by atoms with E-state index in [1.54, 1.807) is 6.20 Å². The largest absolute Gasteiger partial charge is 0.361 e. The molecule has 3 rings (SSSR count). The van der Waals surface area contributed by atoms with E-state index in [9.17, 15) is 22.8 Å². The van der Waals surface area contributed by atoms with Crippen molar-refractivity contribution in [3.63, 3.8) is 0 Å². The topological polar surface area (TPSA) is 65.2 Å². The number of aromatic amines is 1. The van der Waals surface area contributed by atoms with E-state index in [2.05, 4.69) is 10.3 Å². The van der Waals surface area contributed by atoms with Crippen LogP contribution in [0.15, 0.2) is 42.6 Å². The highest BCUT2D eigenvalue weighted by Gasteiger charge is 2.20. The van der Waals surface area contributed by atoms with Crippen molar-refractivity contribution in [1.82, 2.24) is 9.88 Å². The summed E-state index contributed by atoms with van der Waals surface area (Å²) in [6, 6.07) is 9.21. The van der Waals surface area contributed by atoms with Gasteiger partial charge in [0.25, 0.3) is 0 Å². The lowest BCUT2D eigenvalue weighted by molar-refractivity contribution is -0.134. The number of aromatic nitrogens is 1. The molecule has 0 aliphatic rings. The van der Waals surface area contributed by atoms with Crippen LogP contribution >= 0.6 is 0 Å². The van der Waals surface area contributed by atoms with Gasteiger partial charge in [0.1, 0.15) is 0 Å². The summed E-state index contributed by atoms with van der Waals surface area (Å²) in [5.41, 5.74) is 1.23. The molecule has 1 aromatic heterocycles. The molecule has 0 atom stereocenters. The maximum Gasteiger partial charge on any atom is 0.244 e. The number of nitrogens with one attached hydrogen (secondary N) is 2. The fourth-order valence-electron chi connectivity index (χ4n) is 3.10. The van der Waals surface area contributed by atoms with Gasteiger partial charge in [-0.2, -0.15) is 0 Å². The zero-order valence-electron chi connectivity index (χ0n) is 15.8. The van der Waals surface area contributed by atoms with Gasteiger partial charge in [0, 0.05) is 23.6 Å². The van der Waals surface area contributed by atoms with E-state index in [0.29, 0.717) is 13.0 Å². The number of hydrogen-bond donors (Lipinski definition) is 2. The van der Waals surface area contributed by atoms with Gasteiger partial charge in [0.2, 0.25) is 11.8 Å². The SMILES string of the molecule is CCCN(CC(=O)Nc1ccc(F)c(F)c1F)C(=O)Cc1c[nH]c2ccccc12. The quantitative estimate of drug-likeness (QED) is 0.586. The van der Waals surface area contributed by atoms with E-state index in [1.807, 2.05) is 31.2 Å². The van der Waals surface area contributed by atoms with Gasteiger partial charge >= 0.3 is 0 Å². The Morgan fingerprint density at radius 1 is 1.07 bits per heavy atom. The molecule has 2 N–H and O–H groups in total. The van der Waals surface area contributed by atoms with Crippen LogP contribution in [0.1, 0.15) is 18.9 Å². The van der Waals surface area contributed by atoms with Crippen molar-refractivity contribution in [3.05, 3.63) is 65.6 Å². The van der Waals surface area contributed by atoms with Gasteiger partial charge in [0.15, 0.2) is 17.5 Å². The molecule has 29 heavy (non-hydrogen) atoms. The van der Waals surface area contributed by atoms with Gasteiger partial charge in [-0.1, -0.05) is 25.1 Å². The Morgan fingerprint density at radius 2 is 1.83 bits per heavy atom. The molecular formula is C21H20F3N3O2. The van der Waals surface area contributed by atoms with Crippen molar-refractivity contribution >= 4 is 28.4 Å². The van der Waals surface area contributed by atoms with Crippen LogP contribution in [-0.2, 0) is 16.0 Å². The number of benzene rings is 2. The van der Waals surface area contributed by atoms with Crippen LogP contribution in [0, 0.1) is 17.5 Å². The second-order valence-electron chi connectivity index (χ2n) is 6.62. The van der Waals surface area contributed by atoms with Crippen LogP contribution in [0.3, 0.4) is 0 Å². The average Bonchev–Trinajstić information content (AvgIpc) is 3.11. The summed E-state index contributed by atoms with van der Waals surface area (Å²) in [4.78, 5) is 29.5. The molecule has 2 aromatic carbocycles. The lowest BCUT2D eigenvalue weighted by Gasteiger charge is -2.21. The number of amides is 2. The van der Waals surface area contributed by atoms with Crippen LogP contribution < -0.4 is 5.32 Å². The predicted molar refractivity (Wildman–Crippen MR) is 104 cm³/mol. The standard InChI is InChI=1S/C21H20F3N3O2/c1-2-9-27(12-18(28)26-17-8-7-15(22)20(23)21(17)24)19(29)10-13-11-25-16-6-4-3-5-14(13)16/h3-8,11,25H,2,9-10,12H2,1H3,(H,26,28). The molecule has 0 fully saturated rings. The number of nitrogens with zero attached hydrogens (tertiary/aromatic N) is 1. The molecule has 2 amide bonds. The van der Waals surface area contributed by atoms with Gasteiger partial charge in [-0.05, 0) is 30.2 Å². The van der Waals surface area contributed by atoms with E-state index < -0.39 is 29.0 Å². The summed E-state index contributed by atoms with van der Waals surface area (Å²) in [6.07, 6.45) is 2.46. The molecular weight excluding hydrogens is 383 g/mol. The lowest BCUT2D eigenvalue weighted by Crippen LogP contribution is -2.39. The highest BCUT2D eigenvalue weighted by molar-refractivity contribution is 5.95. The first-order chi connectivity index (χ1) is 13.9. The summed E-state index contributed by atoms with van der Waals surface area (Å²) in [6.45, 7) is 1.86. The molecule has 0 bridgehead atoms. The fraction of sp³-hybridized carbons (Fsp3) is 0.238. The maximum absolute atomic E-state index is 13.8. The highest BCUT2D eigenvalue weighted by Crippen LogP contribution is 2.20. The number of carbonyl (C=O) groups is 2. The first-order valence-electron chi connectivity index (χ1n) is 9.16. The molecule has 0 radical (unpaired) electrons. The Kier molecular flexibility index (Phi) is 6.21. The zero-order chi connectivity index (χ0) is 21.0. The van der Waals surface area contributed by atoms with E-state index in [4.69, 9.17) is 0 Å². The van der Waals surface area contributed by atoms with Gasteiger partial charge in [-0.3, -0.25) is 9.59 Å². The Labute approximate surface area is 165 Å². The number of carbonyl (C=O) groups excluding carboxylic acids is 2. The smallest absolute Gasteiger partial charge is 0.244 e. The minimum atomic E-state index is -1.66. The first kappa shape index (κ1) is 20.4. The predicted octanol–water partition coefficient (Wildman–Crippen LogP) is 4.01. The maximum atomic E-state index is 13.8. The van der Waals surface area contributed by atoms with Gasteiger partial charge in [-0.15, -0.1) is 0 Å². The molecule has 1 heterocycles. The van der Waals surface area contributed by atoms with Crippen molar-refractivity contribution in [1.29, 1.82) is 0 Å². The monoisotopic (exact) mass is 403 g/mol. The number of fused-ring (bicyclic) bond motifs is 1. The first-order valence-corrected chi connectivity index (χ1v) is 9.16. The van der Waals surface area contributed by atoms with Crippen molar-refractivity contribution in [2.75, 3.05) is 18.4 Å². The average molecular weight is 403 g/mol. The van der Waals surface area contributed by atoms with Crippen molar-refractivity contribution in [3.8, 4) is 0 Å². The van der Waals surface area contributed by atoms with E-state index in [-0.39, 0.29) is 18.9 Å². The van der Waals surface area contributed by atoms with E-state index in [1.165, 1.54) is 4.90 Å². The molecule has 0 saturated carbocycles. The Morgan fingerprint density at radius 3 is 2.59 bits per heavy atom. The van der Waals surface area contributed by atoms with Crippen molar-refractivity contribution < 1.29 is 22.8 Å². The van der Waals surface area contributed by atoms with Crippen LogP contribution in [-0.4, -0.2) is 34.8 Å². The molecule has 3 aromatic rings. The zero-order valence-corrected chi connectivity index (χ0v) is 15.8. The Hall–Kier alpha value is -3.29. The third-order valence-electron chi connectivity index (χ3n) is 4.51. The van der Waals surface area contributed by atoms with Crippen LogP contribution in [0.5, 0.6) is 0 Å². The normalized spacial score (nSPS) is 10.9. The van der Waals surface area contributed by atoms with Crippen molar-refractivity contribution in [2.45, 2.75) is 19.8 Å². The molecule has 8 heteroatoms. The molecule has 0 saturated heterocycles. The summed E-state index contributed by atoms with van der Waals surface area (Å²) >= 11 is 0. The number of para-hydroxylation sites is 1. The Balaban J connectivity index is 1.69. The summed E-state index contributed by atoms with van der Waals surface area (Å²) in [5.74, 6) is -5.45. The number of rotatable bonds is 7. The number of halogens is 3. The minimum Gasteiger partial charge on any atom is -0.361 e. The lowest BCUT2D eigenvalue weighted by atomic mass is 10.1. The second kappa shape index (κ2) is 8.81. The van der Waals surface area contributed by atoms with Gasteiger partial charge in [-0.25, -0.2) is 13.2 Å².